The van der Waals surface area contributed by atoms with E-state index in [1.165, 1.54) is 18.9 Å². The first-order valence-corrected chi connectivity index (χ1v) is 15.9. The van der Waals surface area contributed by atoms with E-state index in [0.29, 0.717) is 50.8 Å². The van der Waals surface area contributed by atoms with Crippen LogP contribution in [0.25, 0.3) is 15.6 Å². The molecule has 2 aliphatic heterocycles. The second-order valence-electron chi connectivity index (χ2n) is 12.3. The summed E-state index contributed by atoms with van der Waals surface area (Å²) in [5.41, 5.74) is 3.15. The Morgan fingerprint density at radius 1 is 1.16 bits per heavy atom. The number of ether oxygens (including phenoxy) is 1. The van der Waals surface area contributed by atoms with Gasteiger partial charge in [-0.1, -0.05) is 48.9 Å². The van der Waals surface area contributed by atoms with Crippen molar-refractivity contribution in [3.8, 4) is 6.01 Å². The Hall–Kier alpha value is -3.87. The molecule has 0 bridgehead atoms. The average molecular weight is 614 g/mol. The summed E-state index contributed by atoms with van der Waals surface area (Å²) in [4.78, 5) is 34.9. The highest BCUT2D eigenvalue weighted by molar-refractivity contribution is 6.36. The monoisotopic (exact) mass is 613 g/mol. The Kier molecular flexibility index (Phi) is 8.92. The third-order valence-corrected chi connectivity index (χ3v) is 9.76. The molecule has 1 saturated carbocycles. The smallest absolute Gasteiger partial charge is 0.318 e. The van der Waals surface area contributed by atoms with Gasteiger partial charge in [0.1, 0.15) is 11.9 Å². The first-order chi connectivity index (χ1) is 21.4. The van der Waals surface area contributed by atoms with Gasteiger partial charge in [-0.2, -0.15) is 9.97 Å². The summed E-state index contributed by atoms with van der Waals surface area (Å²) >= 11 is 6.72. The van der Waals surface area contributed by atoms with Crippen molar-refractivity contribution in [2.45, 2.75) is 44.3 Å². The summed E-state index contributed by atoms with van der Waals surface area (Å²) in [6, 6.07) is 13.0. The maximum absolute atomic E-state index is 12.6. The van der Waals surface area contributed by atoms with E-state index < -0.39 is 0 Å². The lowest BCUT2D eigenvalue weighted by molar-refractivity contribution is -0.128. The molecule has 230 valence electrons. The summed E-state index contributed by atoms with van der Waals surface area (Å²) in [6.45, 7) is 15.0. The van der Waals surface area contributed by atoms with Gasteiger partial charge in [-0.3, -0.25) is 4.79 Å². The van der Waals surface area contributed by atoms with Crippen LogP contribution in [0.5, 0.6) is 6.01 Å². The largest absolute Gasteiger partial charge is 0.463 e. The number of anilines is 2. The molecule has 10 heteroatoms. The number of hydrogen-bond acceptors (Lipinski definition) is 7. The number of piperazine rings is 1. The Morgan fingerprint density at radius 2 is 1.98 bits per heavy atom. The standard InChI is InChI=1S/C34H40ClN7O2/c1-5-31(43)42-18-17-41(20-25(42)19-36-2)33-26-15-16-40(30-14-7-10-23-9-6-12-27(35)32(23)30)21-28(26)37-34(38-33)44-22-24-11-8-13-29(24)39(3)4/h5-7,9-10,12,14,24-25,29H,1,8,11,13,15-22H2,3-4H3/t24-,25+,29+/m1/s1. The van der Waals surface area contributed by atoms with Gasteiger partial charge in [0.05, 0.1) is 23.9 Å². The third-order valence-electron chi connectivity index (χ3n) is 9.45. The van der Waals surface area contributed by atoms with Gasteiger partial charge in [-0.25, -0.2) is 6.57 Å². The molecule has 44 heavy (non-hydrogen) atoms. The molecule has 0 N–H and O–H groups in total. The van der Waals surface area contributed by atoms with Crippen molar-refractivity contribution >= 4 is 39.8 Å². The summed E-state index contributed by atoms with van der Waals surface area (Å²) in [7, 11) is 4.28. The molecule has 1 amide bonds. The van der Waals surface area contributed by atoms with Gasteiger partial charge in [0.15, 0.2) is 0 Å². The minimum absolute atomic E-state index is 0.136. The first kappa shape index (κ1) is 30.2. The third kappa shape index (κ3) is 5.93. The summed E-state index contributed by atoms with van der Waals surface area (Å²) < 4.78 is 6.41. The Labute approximate surface area is 264 Å². The molecule has 2 aromatic carbocycles. The van der Waals surface area contributed by atoms with Gasteiger partial charge in [0.2, 0.25) is 12.5 Å². The van der Waals surface area contributed by atoms with Crippen molar-refractivity contribution in [3.63, 3.8) is 0 Å². The van der Waals surface area contributed by atoms with Crippen molar-refractivity contribution in [2.75, 3.05) is 63.2 Å². The molecule has 3 atom stereocenters. The van der Waals surface area contributed by atoms with E-state index >= 15 is 0 Å². The minimum Gasteiger partial charge on any atom is -0.463 e. The van der Waals surface area contributed by atoms with E-state index in [9.17, 15) is 4.79 Å². The highest BCUT2D eigenvalue weighted by Crippen LogP contribution is 2.37. The van der Waals surface area contributed by atoms with Crippen LogP contribution in [-0.4, -0.2) is 91.2 Å². The van der Waals surface area contributed by atoms with Crippen molar-refractivity contribution < 1.29 is 9.53 Å². The van der Waals surface area contributed by atoms with E-state index in [0.717, 1.165) is 57.9 Å². The van der Waals surface area contributed by atoms with E-state index in [1.54, 1.807) is 4.90 Å². The normalized spacial score (nSPS) is 21.8. The Morgan fingerprint density at radius 3 is 2.75 bits per heavy atom. The lowest BCUT2D eigenvalue weighted by atomic mass is 10.0. The Bertz CT molecular complexity index is 1580. The number of fused-ring (bicyclic) bond motifs is 2. The zero-order valence-electron chi connectivity index (χ0n) is 25.6. The SMILES string of the molecule is [C-]#[N+]C[C@H]1CN(c2nc(OC[C@H]3CCC[C@@H]3N(C)C)nc3c2CCN(c2cccc4cccc(Cl)c24)C3)CCN1C(=O)C=C. The molecule has 9 nitrogen and oxygen atoms in total. The van der Waals surface area contributed by atoms with Gasteiger partial charge < -0.3 is 29.2 Å². The molecule has 6 rings (SSSR count). The van der Waals surface area contributed by atoms with Gasteiger partial charge in [0.25, 0.3) is 0 Å². The molecule has 3 aromatic rings. The van der Waals surface area contributed by atoms with Gasteiger partial charge in [-0.15, -0.1) is 0 Å². The zero-order chi connectivity index (χ0) is 30.8. The number of benzene rings is 2. The van der Waals surface area contributed by atoms with Gasteiger partial charge >= 0.3 is 6.01 Å². The van der Waals surface area contributed by atoms with Crippen LogP contribution in [0.3, 0.4) is 0 Å². The van der Waals surface area contributed by atoms with Crippen molar-refractivity contribution in [1.29, 1.82) is 0 Å². The van der Waals surface area contributed by atoms with Gasteiger partial charge in [-0.05, 0) is 57.0 Å². The second-order valence-corrected chi connectivity index (χ2v) is 12.7. The molecule has 1 saturated heterocycles. The lowest BCUT2D eigenvalue weighted by Crippen LogP contribution is -2.56. The number of amides is 1. The number of carbonyl (C=O) groups excluding carboxylic acids is 1. The maximum Gasteiger partial charge on any atom is 0.318 e. The molecule has 0 radical (unpaired) electrons. The molecule has 1 aromatic heterocycles. The summed E-state index contributed by atoms with van der Waals surface area (Å²) in [5.74, 6) is 1.15. The second kappa shape index (κ2) is 13.0. The van der Waals surface area contributed by atoms with E-state index in [2.05, 4.69) is 64.5 Å². The van der Waals surface area contributed by atoms with Crippen LogP contribution in [-0.2, 0) is 17.8 Å². The Balaban J connectivity index is 1.34. The molecule has 1 aliphatic carbocycles. The lowest BCUT2D eigenvalue weighted by Gasteiger charge is -2.41. The van der Waals surface area contributed by atoms with Crippen molar-refractivity contribution in [2.24, 2.45) is 5.92 Å². The number of hydrogen-bond donors (Lipinski definition) is 0. The molecule has 2 fully saturated rings. The average Bonchev–Trinajstić information content (AvgIpc) is 3.52. The quantitative estimate of drug-likeness (QED) is 0.259. The summed E-state index contributed by atoms with van der Waals surface area (Å²) in [5, 5.41) is 2.89. The van der Waals surface area contributed by atoms with Crippen LogP contribution in [0.2, 0.25) is 5.02 Å². The zero-order valence-corrected chi connectivity index (χ0v) is 26.3. The van der Waals surface area contributed by atoms with E-state index in [-0.39, 0.29) is 18.5 Å². The van der Waals surface area contributed by atoms with Crippen molar-refractivity contribution in [3.05, 3.63) is 76.8 Å². The molecule has 3 heterocycles. The van der Waals surface area contributed by atoms with Crippen molar-refractivity contribution in [1.82, 2.24) is 19.8 Å². The fourth-order valence-electron chi connectivity index (χ4n) is 7.25. The van der Waals surface area contributed by atoms with Crippen LogP contribution >= 0.6 is 11.6 Å². The fourth-order valence-corrected chi connectivity index (χ4v) is 7.53. The number of rotatable bonds is 8. The maximum atomic E-state index is 12.6. The van der Waals surface area contributed by atoms with Gasteiger partial charge in [0, 0.05) is 54.8 Å². The fraction of sp³-hybridized carbons (Fsp3) is 0.471. The highest BCUT2D eigenvalue weighted by Gasteiger charge is 2.35. The summed E-state index contributed by atoms with van der Waals surface area (Å²) in [6.07, 6.45) is 5.61. The topological polar surface area (TPSA) is 69.4 Å². The predicted molar refractivity (Wildman–Crippen MR) is 175 cm³/mol. The van der Waals surface area contributed by atoms with Crippen LogP contribution < -0.4 is 14.5 Å². The van der Waals surface area contributed by atoms with Crippen LogP contribution in [0, 0.1) is 12.5 Å². The predicted octanol–water partition coefficient (Wildman–Crippen LogP) is 5.08. The minimum atomic E-state index is -0.237. The number of halogens is 1. The molecule has 0 spiro atoms. The molecule has 3 aliphatic rings. The number of carbonyl (C=O) groups is 1. The van der Waals surface area contributed by atoms with E-state index in [4.69, 9.17) is 32.9 Å². The molecular formula is C34H40ClN7O2. The van der Waals surface area contributed by atoms with Crippen LogP contribution in [0.1, 0.15) is 30.5 Å². The van der Waals surface area contributed by atoms with E-state index in [1.807, 2.05) is 12.1 Å². The first-order valence-electron chi connectivity index (χ1n) is 15.5. The molecular weight excluding hydrogens is 574 g/mol. The highest BCUT2D eigenvalue weighted by atomic mass is 35.5. The molecule has 0 unspecified atom stereocenters. The number of aromatic nitrogens is 2. The van der Waals surface area contributed by atoms with Crippen LogP contribution in [0.4, 0.5) is 11.5 Å². The van der Waals surface area contributed by atoms with Crippen LogP contribution in [0.15, 0.2) is 49.1 Å². The number of nitrogens with zero attached hydrogens (tertiary/aromatic N) is 7.